The van der Waals surface area contributed by atoms with Gasteiger partial charge in [-0.2, -0.15) is 0 Å². The number of aryl methyl sites for hydroxylation is 1. The van der Waals surface area contributed by atoms with Crippen molar-refractivity contribution in [2.75, 3.05) is 5.32 Å². The van der Waals surface area contributed by atoms with Gasteiger partial charge >= 0.3 is 0 Å². The highest BCUT2D eigenvalue weighted by molar-refractivity contribution is 6.04. The molecule has 136 valence electrons. The molecule has 3 rings (SSSR count). The molecule has 7 nitrogen and oxygen atoms in total. The van der Waals surface area contributed by atoms with Gasteiger partial charge in [0, 0.05) is 35.1 Å². The Hall–Kier alpha value is -3.74. The van der Waals surface area contributed by atoms with E-state index < -0.39 is 4.92 Å². The predicted octanol–water partition coefficient (Wildman–Crippen LogP) is 3.37. The highest BCUT2D eigenvalue weighted by atomic mass is 16.6. The molecule has 7 heteroatoms. The fraction of sp³-hybridized carbons (Fsp3) is 0.100. The van der Waals surface area contributed by atoms with Crippen molar-refractivity contribution in [1.29, 1.82) is 0 Å². The summed E-state index contributed by atoms with van der Waals surface area (Å²) in [5.41, 5.74) is 2.19. The first kappa shape index (κ1) is 18.1. The molecule has 0 spiro atoms. The largest absolute Gasteiger partial charge is 0.322 e. The topological polar surface area (TPSA) is 94.2 Å². The number of benzene rings is 2. The van der Waals surface area contributed by atoms with E-state index in [1.807, 2.05) is 12.1 Å². The normalized spacial score (nSPS) is 10.4. The summed E-state index contributed by atoms with van der Waals surface area (Å²) in [6.07, 6.45) is 1.72. The Balaban J connectivity index is 1.70. The lowest BCUT2D eigenvalue weighted by Crippen LogP contribution is -2.18. The van der Waals surface area contributed by atoms with Gasteiger partial charge in [0.25, 0.3) is 17.2 Å². The van der Waals surface area contributed by atoms with Gasteiger partial charge in [0.1, 0.15) is 0 Å². The van der Waals surface area contributed by atoms with Crippen LogP contribution in [0.2, 0.25) is 0 Å². The maximum absolute atomic E-state index is 12.3. The van der Waals surface area contributed by atoms with Crippen LogP contribution in [0.25, 0.3) is 0 Å². The van der Waals surface area contributed by atoms with Gasteiger partial charge in [-0.1, -0.05) is 18.2 Å². The second-order valence-corrected chi connectivity index (χ2v) is 6.08. The predicted molar refractivity (Wildman–Crippen MR) is 102 cm³/mol. The zero-order chi connectivity index (χ0) is 19.4. The second kappa shape index (κ2) is 7.65. The Morgan fingerprint density at radius 1 is 1.11 bits per heavy atom. The van der Waals surface area contributed by atoms with Gasteiger partial charge in [-0.05, 0) is 42.8 Å². The van der Waals surface area contributed by atoms with Crippen LogP contribution in [0, 0.1) is 17.0 Å². The quantitative estimate of drug-likeness (QED) is 0.555. The molecule has 3 aromatic rings. The number of amides is 1. The van der Waals surface area contributed by atoms with Crippen molar-refractivity contribution in [1.82, 2.24) is 4.57 Å². The average Bonchev–Trinajstić information content (AvgIpc) is 2.64. The van der Waals surface area contributed by atoms with Gasteiger partial charge in [0.2, 0.25) is 0 Å². The van der Waals surface area contributed by atoms with E-state index in [1.54, 1.807) is 42.0 Å². The van der Waals surface area contributed by atoms with E-state index in [0.29, 0.717) is 23.4 Å². The molecule has 1 heterocycles. The van der Waals surface area contributed by atoms with Crippen LogP contribution < -0.4 is 10.9 Å². The molecule has 0 radical (unpaired) electrons. The summed E-state index contributed by atoms with van der Waals surface area (Å²) in [4.78, 5) is 34.5. The second-order valence-electron chi connectivity index (χ2n) is 6.08. The summed E-state index contributed by atoms with van der Waals surface area (Å²) in [5, 5.41) is 13.6. The summed E-state index contributed by atoms with van der Waals surface area (Å²) < 4.78 is 1.59. The maximum Gasteiger partial charge on any atom is 0.272 e. The molecule has 0 aliphatic carbocycles. The van der Waals surface area contributed by atoms with Crippen LogP contribution in [0.15, 0.2) is 71.7 Å². The zero-order valence-corrected chi connectivity index (χ0v) is 14.6. The van der Waals surface area contributed by atoms with Gasteiger partial charge in [0.05, 0.1) is 11.5 Å². The van der Waals surface area contributed by atoms with Crippen LogP contribution in [0.3, 0.4) is 0 Å². The number of nitro groups is 1. The number of hydrogen-bond donors (Lipinski definition) is 1. The standard InChI is InChI=1S/C20H17N3O4/c1-14-12-16(7-10-18(14)23(26)27)20(25)21-17-8-5-15(6-9-17)13-22-11-3-2-4-19(22)24/h2-12H,13H2,1H3,(H,21,25). The molecule has 0 fully saturated rings. The Bertz CT molecular complexity index is 1060. The molecule has 1 N–H and O–H groups in total. The van der Waals surface area contributed by atoms with Crippen LogP contribution in [0.4, 0.5) is 11.4 Å². The Kier molecular flexibility index (Phi) is 5.12. The number of nitrogens with zero attached hydrogens (tertiary/aromatic N) is 2. The van der Waals surface area contributed by atoms with Crippen molar-refractivity contribution in [3.05, 3.63) is 104 Å². The minimum atomic E-state index is -0.478. The lowest BCUT2D eigenvalue weighted by Gasteiger charge is -2.08. The van der Waals surface area contributed by atoms with Crippen LogP contribution in [-0.4, -0.2) is 15.4 Å². The van der Waals surface area contributed by atoms with Crippen molar-refractivity contribution < 1.29 is 9.72 Å². The fourth-order valence-electron chi connectivity index (χ4n) is 2.69. The number of hydrogen-bond acceptors (Lipinski definition) is 4. The van der Waals surface area contributed by atoms with Gasteiger partial charge in [-0.15, -0.1) is 0 Å². The zero-order valence-electron chi connectivity index (χ0n) is 14.6. The van der Waals surface area contributed by atoms with Crippen molar-refractivity contribution in [2.24, 2.45) is 0 Å². The van der Waals surface area contributed by atoms with E-state index in [2.05, 4.69) is 5.32 Å². The number of rotatable bonds is 5. The number of carbonyl (C=O) groups is 1. The molecule has 0 aliphatic rings. The Morgan fingerprint density at radius 2 is 1.85 bits per heavy atom. The van der Waals surface area contributed by atoms with E-state index in [9.17, 15) is 19.7 Å². The molecule has 0 aliphatic heterocycles. The van der Waals surface area contributed by atoms with E-state index in [-0.39, 0.29) is 17.2 Å². The molecule has 27 heavy (non-hydrogen) atoms. The fourth-order valence-corrected chi connectivity index (χ4v) is 2.69. The van der Waals surface area contributed by atoms with Gasteiger partial charge < -0.3 is 9.88 Å². The monoisotopic (exact) mass is 363 g/mol. The molecule has 0 saturated heterocycles. The first-order valence-electron chi connectivity index (χ1n) is 8.25. The molecule has 0 saturated carbocycles. The summed E-state index contributed by atoms with van der Waals surface area (Å²) in [7, 11) is 0. The Labute approximate surface area is 155 Å². The van der Waals surface area contributed by atoms with Crippen LogP contribution >= 0.6 is 0 Å². The minimum Gasteiger partial charge on any atom is -0.322 e. The van der Waals surface area contributed by atoms with Gasteiger partial charge in [-0.25, -0.2) is 0 Å². The maximum atomic E-state index is 12.3. The molecule has 0 unspecified atom stereocenters. The van der Waals surface area contributed by atoms with Gasteiger partial charge in [-0.3, -0.25) is 19.7 Å². The molecular weight excluding hydrogens is 346 g/mol. The highest BCUT2D eigenvalue weighted by Crippen LogP contribution is 2.20. The third-order valence-electron chi connectivity index (χ3n) is 4.12. The van der Waals surface area contributed by atoms with Crippen LogP contribution in [0.1, 0.15) is 21.5 Å². The molecule has 2 aromatic carbocycles. The smallest absolute Gasteiger partial charge is 0.272 e. The number of carbonyl (C=O) groups excluding carboxylic acids is 1. The van der Waals surface area contributed by atoms with Gasteiger partial charge in [0.15, 0.2) is 0 Å². The Morgan fingerprint density at radius 3 is 2.48 bits per heavy atom. The molecule has 1 aromatic heterocycles. The molecular formula is C20H17N3O4. The van der Waals surface area contributed by atoms with Crippen molar-refractivity contribution in [3.63, 3.8) is 0 Å². The molecule has 1 amide bonds. The number of aromatic nitrogens is 1. The van der Waals surface area contributed by atoms with E-state index >= 15 is 0 Å². The summed E-state index contributed by atoms with van der Waals surface area (Å²) in [5.74, 6) is -0.347. The summed E-state index contributed by atoms with van der Waals surface area (Å²) >= 11 is 0. The van der Waals surface area contributed by atoms with E-state index in [1.165, 1.54) is 24.3 Å². The number of pyridine rings is 1. The van der Waals surface area contributed by atoms with Crippen LogP contribution in [0.5, 0.6) is 0 Å². The van der Waals surface area contributed by atoms with E-state index in [4.69, 9.17) is 0 Å². The number of anilines is 1. The summed E-state index contributed by atoms with van der Waals surface area (Å²) in [6, 6.07) is 16.4. The van der Waals surface area contributed by atoms with Crippen molar-refractivity contribution >= 4 is 17.3 Å². The first-order chi connectivity index (χ1) is 12.9. The number of nitrogens with one attached hydrogen (secondary N) is 1. The van der Waals surface area contributed by atoms with E-state index in [0.717, 1.165) is 5.56 Å². The highest BCUT2D eigenvalue weighted by Gasteiger charge is 2.14. The first-order valence-corrected chi connectivity index (χ1v) is 8.25. The summed E-state index contributed by atoms with van der Waals surface area (Å²) in [6.45, 7) is 2.03. The van der Waals surface area contributed by atoms with Crippen molar-refractivity contribution in [2.45, 2.75) is 13.5 Å². The third-order valence-corrected chi connectivity index (χ3v) is 4.12. The molecule has 0 atom stereocenters. The SMILES string of the molecule is Cc1cc(C(=O)Nc2ccc(Cn3ccccc3=O)cc2)ccc1[N+](=O)[O-]. The molecule has 0 bridgehead atoms. The number of nitro benzene ring substituents is 1. The van der Waals surface area contributed by atoms with Crippen LogP contribution in [-0.2, 0) is 6.54 Å². The third kappa shape index (κ3) is 4.27. The lowest BCUT2D eigenvalue weighted by atomic mass is 10.1. The van der Waals surface area contributed by atoms with Crippen molar-refractivity contribution in [3.8, 4) is 0 Å². The minimum absolute atomic E-state index is 0.0212. The average molecular weight is 363 g/mol. The lowest BCUT2D eigenvalue weighted by molar-refractivity contribution is -0.385.